The average molecular weight is 208 g/mol. The number of nitrogens with zero attached hydrogens (tertiary/aromatic N) is 1. The summed E-state index contributed by atoms with van der Waals surface area (Å²) in [7, 11) is 1.86. The molecule has 1 heterocycles. The molecule has 0 atom stereocenters. The van der Waals surface area contributed by atoms with Crippen molar-refractivity contribution >= 4 is 28.3 Å². The van der Waals surface area contributed by atoms with Gasteiger partial charge in [0.2, 0.25) is 0 Å². The van der Waals surface area contributed by atoms with Crippen LogP contribution in [0.25, 0.3) is 10.9 Å². The number of benzene rings is 1. The van der Waals surface area contributed by atoms with Gasteiger partial charge < -0.3 is 4.57 Å². The molecule has 0 aliphatic rings. The van der Waals surface area contributed by atoms with Gasteiger partial charge in [0.25, 0.3) is 0 Å². The molecule has 72 valence electrons. The minimum Gasteiger partial charge on any atom is -0.334 e. The Hall–Kier alpha value is -1.28. The Morgan fingerprint density at radius 1 is 1.43 bits per heavy atom. The average Bonchev–Trinajstić information content (AvgIpc) is 2.43. The van der Waals surface area contributed by atoms with Gasteiger partial charge in [-0.1, -0.05) is 23.7 Å². The van der Waals surface area contributed by atoms with E-state index in [9.17, 15) is 4.79 Å². The minimum atomic E-state index is 0.0634. The highest BCUT2D eigenvalue weighted by molar-refractivity contribution is 6.31. The van der Waals surface area contributed by atoms with Crippen LogP contribution in [-0.4, -0.2) is 10.4 Å². The Bertz CT molecular complexity index is 513. The zero-order chi connectivity index (χ0) is 10.3. The second-order valence-corrected chi connectivity index (χ2v) is 3.71. The van der Waals surface area contributed by atoms with Crippen molar-refractivity contribution in [1.82, 2.24) is 4.57 Å². The minimum absolute atomic E-state index is 0.0634. The first kappa shape index (κ1) is 9.28. The molecule has 0 aliphatic carbocycles. The Labute approximate surface area is 87.1 Å². The van der Waals surface area contributed by atoms with Gasteiger partial charge in [-0.15, -0.1) is 0 Å². The number of halogens is 1. The molecule has 0 saturated heterocycles. The first-order chi connectivity index (χ1) is 6.61. The van der Waals surface area contributed by atoms with Crippen LogP contribution in [0.15, 0.2) is 24.3 Å². The standard InChI is InChI=1S/C11H10ClNO/c1-7(14)9-5-3-4-8-6-10(12)13(2)11(8)9/h3-6H,1-2H3. The summed E-state index contributed by atoms with van der Waals surface area (Å²) in [4.78, 5) is 11.4. The fraction of sp³-hybridized carbons (Fsp3) is 0.182. The third-order valence-corrected chi connectivity index (χ3v) is 2.74. The molecule has 3 heteroatoms. The van der Waals surface area contributed by atoms with Crippen molar-refractivity contribution in [2.75, 3.05) is 0 Å². The van der Waals surface area contributed by atoms with Crippen LogP contribution in [0.2, 0.25) is 5.15 Å². The van der Waals surface area contributed by atoms with E-state index in [0.717, 1.165) is 16.5 Å². The number of carbonyl (C=O) groups excluding carboxylic acids is 1. The Balaban J connectivity index is 2.91. The number of carbonyl (C=O) groups is 1. The normalized spacial score (nSPS) is 10.8. The summed E-state index contributed by atoms with van der Waals surface area (Å²) in [5, 5.41) is 1.65. The maximum absolute atomic E-state index is 11.4. The van der Waals surface area contributed by atoms with Crippen LogP contribution >= 0.6 is 11.6 Å². The van der Waals surface area contributed by atoms with E-state index in [0.29, 0.717) is 5.15 Å². The van der Waals surface area contributed by atoms with E-state index >= 15 is 0 Å². The van der Waals surface area contributed by atoms with Crippen molar-refractivity contribution in [3.05, 3.63) is 35.0 Å². The highest BCUT2D eigenvalue weighted by Gasteiger charge is 2.10. The number of fused-ring (bicyclic) bond motifs is 1. The molecular weight excluding hydrogens is 198 g/mol. The van der Waals surface area contributed by atoms with Crippen molar-refractivity contribution in [2.45, 2.75) is 6.92 Å². The van der Waals surface area contributed by atoms with Gasteiger partial charge in [0, 0.05) is 18.0 Å². The number of rotatable bonds is 1. The van der Waals surface area contributed by atoms with Gasteiger partial charge in [0.1, 0.15) is 5.15 Å². The quantitative estimate of drug-likeness (QED) is 0.659. The molecule has 0 unspecified atom stereocenters. The largest absolute Gasteiger partial charge is 0.334 e. The molecule has 1 aromatic heterocycles. The molecule has 2 nitrogen and oxygen atoms in total. The Morgan fingerprint density at radius 2 is 2.14 bits per heavy atom. The van der Waals surface area contributed by atoms with E-state index < -0.39 is 0 Å². The SMILES string of the molecule is CC(=O)c1cccc2cc(Cl)n(C)c12. The predicted molar refractivity (Wildman–Crippen MR) is 57.9 cm³/mol. The van der Waals surface area contributed by atoms with Crippen LogP contribution < -0.4 is 0 Å². The van der Waals surface area contributed by atoms with Crippen LogP contribution in [0, 0.1) is 0 Å². The lowest BCUT2D eigenvalue weighted by Gasteiger charge is -2.02. The maximum Gasteiger partial charge on any atom is 0.161 e. The van der Waals surface area contributed by atoms with Crippen LogP contribution in [0.3, 0.4) is 0 Å². The highest BCUT2D eigenvalue weighted by atomic mass is 35.5. The fourth-order valence-corrected chi connectivity index (χ4v) is 1.87. The molecular formula is C11H10ClNO. The Morgan fingerprint density at radius 3 is 2.79 bits per heavy atom. The van der Waals surface area contributed by atoms with Gasteiger partial charge in [0.15, 0.2) is 5.78 Å². The Kier molecular flexibility index (Phi) is 2.08. The summed E-state index contributed by atoms with van der Waals surface area (Å²) in [5.41, 5.74) is 1.63. The van der Waals surface area contributed by atoms with Crippen molar-refractivity contribution in [1.29, 1.82) is 0 Å². The molecule has 2 aromatic rings. The van der Waals surface area contributed by atoms with E-state index in [1.807, 2.05) is 35.9 Å². The van der Waals surface area contributed by atoms with Crippen LogP contribution in [0.1, 0.15) is 17.3 Å². The first-order valence-corrected chi connectivity index (χ1v) is 4.74. The highest BCUT2D eigenvalue weighted by Crippen LogP contribution is 2.25. The molecule has 0 amide bonds. The summed E-state index contributed by atoms with van der Waals surface area (Å²) in [6.45, 7) is 1.57. The van der Waals surface area contributed by atoms with Crippen molar-refractivity contribution in [3.8, 4) is 0 Å². The van der Waals surface area contributed by atoms with E-state index in [2.05, 4.69) is 0 Å². The number of Topliss-reactive ketones (excluding diaryl/α,β-unsaturated/α-hetero) is 1. The second-order valence-electron chi connectivity index (χ2n) is 3.33. The lowest BCUT2D eigenvalue weighted by atomic mass is 10.1. The van der Waals surface area contributed by atoms with Gasteiger partial charge in [-0.05, 0) is 19.1 Å². The monoisotopic (exact) mass is 207 g/mol. The lowest BCUT2D eigenvalue weighted by Crippen LogP contribution is -1.97. The predicted octanol–water partition coefficient (Wildman–Crippen LogP) is 3.03. The van der Waals surface area contributed by atoms with Crippen molar-refractivity contribution in [3.63, 3.8) is 0 Å². The van der Waals surface area contributed by atoms with Gasteiger partial charge in [0.05, 0.1) is 5.52 Å². The molecule has 14 heavy (non-hydrogen) atoms. The number of aromatic nitrogens is 1. The number of hydrogen-bond donors (Lipinski definition) is 0. The topological polar surface area (TPSA) is 22.0 Å². The molecule has 0 radical (unpaired) electrons. The second kappa shape index (κ2) is 3.14. The smallest absolute Gasteiger partial charge is 0.161 e. The first-order valence-electron chi connectivity index (χ1n) is 4.36. The lowest BCUT2D eigenvalue weighted by molar-refractivity contribution is 0.101. The molecule has 0 aliphatic heterocycles. The molecule has 2 rings (SSSR count). The summed E-state index contributed by atoms with van der Waals surface area (Å²) in [6.07, 6.45) is 0. The molecule has 0 saturated carbocycles. The maximum atomic E-state index is 11.4. The summed E-state index contributed by atoms with van der Waals surface area (Å²) < 4.78 is 1.83. The molecule has 1 aromatic carbocycles. The van der Waals surface area contributed by atoms with Crippen molar-refractivity contribution in [2.24, 2.45) is 7.05 Å². The number of ketones is 1. The molecule has 0 N–H and O–H groups in total. The van der Waals surface area contributed by atoms with Gasteiger partial charge in [-0.25, -0.2) is 0 Å². The van der Waals surface area contributed by atoms with Gasteiger partial charge >= 0.3 is 0 Å². The summed E-state index contributed by atoms with van der Waals surface area (Å²) in [6, 6.07) is 7.51. The molecule has 0 spiro atoms. The zero-order valence-corrected chi connectivity index (χ0v) is 8.80. The van der Waals surface area contributed by atoms with E-state index in [1.54, 1.807) is 6.92 Å². The van der Waals surface area contributed by atoms with E-state index in [1.165, 1.54) is 0 Å². The fourth-order valence-electron chi connectivity index (χ4n) is 1.67. The van der Waals surface area contributed by atoms with Crippen LogP contribution in [0.4, 0.5) is 0 Å². The van der Waals surface area contributed by atoms with E-state index in [4.69, 9.17) is 11.6 Å². The van der Waals surface area contributed by atoms with Gasteiger partial charge in [-0.3, -0.25) is 4.79 Å². The van der Waals surface area contributed by atoms with Gasteiger partial charge in [-0.2, -0.15) is 0 Å². The third kappa shape index (κ3) is 1.23. The number of para-hydroxylation sites is 1. The third-order valence-electron chi connectivity index (χ3n) is 2.38. The summed E-state index contributed by atoms with van der Waals surface area (Å²) >= 11 is 5.98. The van der Waals surface area contributed by atoms with E-state index in [-0.39, 0.29) is 5.78 Å². The van der Waals surface area contributed by atoms with Crippen molar-refractivity contribution < 1.29 is 4.79 Å². The molecule has 0 fully saturated rings. The van der Waals surface area contributed by atoms with Crippen LogP contribution in [-0.2, 0) is 7.05 Å². The zero-order valence-electron chi connectivity index (χ0n) is 8.04. The van der Waals surface area contributed by atoms with Crippen LogP contribution in [0.5, 0.6) is 0 Å². The number of aryl methyl sites for hydroxylation is 1. The summed E-state index contributed by atoms with van der Waals surface area (Å²) in [5.74, 6) is 0.0634. The molecule has 0 bridgehead atoms. The number of hydrogen-bond acceptors (Lipinski definition) is 1.